The largest absolute Gasteiger partial charge is 0.453 e. The van der Waals surface area contributed by atoms with Crippen LogP contribution in [0.2, 0.25) is 0 Å². The average molecular weight is 917 g/mol. The third-order valence-electron chi connectivity index (χ3n) is 15.0. The van der Waals surface area contributed by atoms with Crippen LogP contribution in [0.25, 0.3) is 44.5 Å². The number of hydrogen-bond acceptors (Lipinski definition) is 8. The Hall–Kier alpha value is -6.96. The number of fused-ring (bicyclic) bond motifs is 6. The summed E-state index contributed by atoms with van der Waals surface area (Å²) in [6.45, 7) is 8.61. The maximum Gasteiger partial charge on any atom is 0.407 e. The summed E-state index contributed by atoms with van der Waals surface area (Å²) in [6, 6.07) is 26.9. The number of benzene rings is 4. The Balaban J connectivity index is 0.898. The first-order chi connectivity index (χ1) is 32.9. The van der Waals surface area contributed by atoms with Crippen LogP contribution in [0.3, 0.4) is 0 Å². The zero-order chi connectivity index (χ0) is 47.4. The van der Waals surface area contributed by atoms with E-state index in [1.807, 2.05) is 60.2 Å². The van der Waals surface area contributed by atoms with Crippen molar-refractivity contribution >= 4 is 35.0 Å². The minimum atomic E-state index is -0.897. The first-order valence-electron chi connectivity index (χ1n) is 24.1. The fourth-order valence-corrected chi connectivity index (χ4v) is 11.7. The molecule has 4 N–H and O–H groups in total. The molecule has 10 rings (SSSR count). The number of ether oxygens (including phenoxy) is 2. The smallest absolute Gasteiger partial charge is 0.407 e. The molecule has 8 atom stereocenters. The molecule has 0 spiro atoms. The maximum atomic E-state index is 14.4. The summed E-state index contributed by atoms with van der Waals surface area (Å²) in [5.41, 5.74) is 12.1. The number of carbonyl (C=O) groups is 4. The van der Waals surface area contributed by atoms with Gasteiger partial charge in [0.05, 0.1) is 49.2 Å². The van der Waals surface area contributed by atoms with E-state index in [0.717, 1.165) is 58.8 Å². The van der Waals surface area contributed by atoms with E-state index < -0.39 is 24.3 Å². The molecule has 4 amide bonds. The highest BCUT2D eigenvalue weighted by molar-refractivity contribution is 5.89. The highest BCUT2D eigenvalue weighted by atomic mass is 16.5. The van der Waals surface area contributed by atoms with Gasteiger partial charge in [0.1, 0.15) is 23.7 Å². The molecule has 4 aromatic carbocycles. The van der Waals surface area contributed by atoms with Crippen molar-refractivity contribution in [1.82, 2.24) is 40.4 Å². The maximum absolute atomic E-state index is 14.4. The molecule has 2 aromatic heterocycles. The van der Waals surface area contributed by atoms with Gasteiger partial charge in [-0.2, -0.15) is 0 Å². The summed E-state index contributed by atoms with van der Waals surface area (Å²) >= 11 is 0. The molecule has 2 unspecified atom stereocenters. The number of alkyl carbamates (subject to hydrolysis) is 2. The molecule has 0 radical (unpaired) electrons. The molecular weight excluding hydrogens is 857 g/mol. The number of nitrogens with one attached hydrogen (secondary N) is 4. The monoisotopic (exact) mass is 916 g/mol. The molecule has 68 heavy (non-hydrogen) atoms. The van der Waals surface area contributed by atoms with Crippen LogP contribution in [0, 0.1) is 11.8 Å². The van der Waals surface area contributed by atoms with E-state index in [1.165, 1.54) is 61.3 Å². The van der Waals surface area contributed by atoms with Gasteiger partial charge < -0.3 is 39.9 Å². The van der Waals surface area contributed by atoms with E-state index in [1.54, 1.807) is 0 Å². The van der Waals surface area contributed by atoms with Crippen LogP contribution in [0.4, 0.5) is 9.59 Å². The van der Waals surface area contributed by atoms with Crippen molar-refractivity contribution in [3.8, 4) is 33.5 Å². The lowest BCUT2D eigenvalue weighted by atomic mass is 9.81. The Kier molecular flexibility index (Phi) is 12.0. The number of carbonyl (C=O) groups excluding carboxylic acids is 4. The van der Waals surface area contributed by atoms with Gasteiger partial charge in [0.25, 0.3) is 5.91 Å². The van der Waals surface area contributed by atoms with Gasteiger partial charge in [0.15, 0.2) is 0 Å². The fraction of sp³-hybridized carbons (Fsp3) is 0.407. The van der Waals surface area contributed by atoms with E-state index in [9.17, 15) is 19.2 Å². The lowest BCUT2D eigenvalue weighted by molar-refractivity contribution is -0.136. The molecule has 14 heteroatoms. The molecule has 2 saturated heterocycles. The highest BCUT2D eigenvalue weighted by Crippen LogP contribution is 2.58. The second kappa shape index (κ2) is 18.3. The number of likely N-dealkylation sites (tertiary alicyclic amines) is 2. The van der Waals surface area contributed by atoms with Crippen molar-refractivity contribution in [1.29, 1.82) is 0 Å². The number of aromatic amines is 2. The molecule has 6 aromatic rings. The summed E-state index contributed by atoms with van der Waals surface area (Å²) in [7, 11) is 2.60. The zero-order valence-electron chi connectivity index (χ0n) is 39.5. The highest BCUT2D eigenvalue weighted by Gasteiger charge is 2.43. The van der Waals surface area contributed by atoms with Gasteiger partial charge in [-0.1, -0.05) is 93.6 Å². The van der Waals surface area contributed by atoms with Crippen molar-refractivity contribution in [3.05, 3.63) is 119 Å². The predicted molar refractivity (Wildman–Crippen MR) is 259 cm³/mol. The lowest BCUT2D eigenvalue weighted by Crippen LogP contribution is -2.51. The third-order valence-corrected chi connectivity index (χ3v) is 15.0. The Bertz CT molecular complexity index is 2870. The Morgan fingerprint density at radius 3 is 2.06 bits per heavy atom. The average Bonchev–Trinajstić information content (AvgIpc) is 4.23. The Morgan fingerprint density at radius 1 is 0.706 bits per heavy atom. The number of imidazole rings is 2. The van der Waals surface area contributed by atoms with Crippen molar-refractivity contribution in [2.45, 2.75) is 108 Å². The molecule has 1 saturated carbocycles. The molecule has 2 aliphatic carbocycles. The second-order valence-electron chi connectivity index (χ2n) is 19.7. The number of hydrogen-bond donors (Lipinski definition) is 4. The molecule has 4 aliphatic rings. The van der Waals surface area contributed by atoms with Crippen LogP contribution in [-0.4, -0.2) is 86.6 Å². The quantitative estimate of drug-likeness (QED) is 0.0994. The van der Waals surface area contributed by atoms with E-state index in [-0.39, 0.29) is 41.8 Å². The summed E-state index contributed by atoms with van der Waals surface area (Å²) in [5, 5.41) is 5.52. The van der Waals surface area contributed by atoms with Gasteiger partial charge in [0, 0.05) is 12.6 Å². The summed E-state index contributed by atoms with van der Waals surface area (Å²) in [4.78, 5) is 73.5. The summed E-state index contributed by atoms with van der Waals surface area (Å²) in [6.07, 6.45) is 6.45. The first-order valence-corrected chi connectivity index (χ1v) is 24.1. The van der Waals surface area contributed by atoms with Crippen LogP contribution < -0.4 is 10.6 Å². The fourth-order valence-electron chi connectivity index (χ4n) is 11.7. The van der Waals surface area contributed by atoms with Crippen molar-refractivity contribution in [3.63, 3.8) is 0 Å². The first kappa shape index (κ1) is 44.9. The van der Waals surface area contributed by atoms with E-state index >= 15 is 0 Å². The van der Waals surface area contributed by atoms with Crippen molar-refractivity contribution < 1.29 is 28.7 Å². The molecule has 2 aliphatic heterocycles. The molecule has 4 heterocycles. The van der Waals surface area contributed by atoms with Gasteiger partial charge in [-0.15, -0.1) is 0 Å². The SMILES string of the molecule is COC(=O)N[C@H](C(=O)N1C[C@@H](C)C[C@H]1c1ncc(-c2ccc(-c3ccc(-c4ccc5nc([C@@H]6CC[C@H](C)N6C(=O)[C@H](NC(=O)OC)c6ccccc6)[nH]c5c4)c4c3C3CCC4C3)cc2)[nH]1)C(C)C. The molecule has 2 bridgehead atoms. The number of amides is 4. The number of H-pyrrole nitrogens is 2. The van der Waals surface area contributed by atoms with Gasteiger partial charge in [-0.05, 0) is 126 Å². The zero-order valence-corrected chi connectivity index (χ0v) is 39.5. The van der Waals surface area contributed by atoms with Crippen LogP contribution in [0.15, 0.2) is 91.1 Å². The standard InChI is InChI=1S/C54H60N8O6/c1-29(2)47(59-53(65)67-5)51(63)61-28-30(3)24-44(61)49-55-27-42(58-49)33-15-13-32(14-16-33)38-20-21-39(46-37-18-17-36(25-37)45(38)46)35-19-22-40-41(26-35)57-50(56-40)43-23-12-31(4)62(43)52(64)48(60-54(66)68-6)34-10-8-7-9-11-34/h7-11,13-16,19-22,26-27,29-31,36-37,43-44,47-48H,12,17-18,23-25,28H2,1-6H3,(H,55,58)(H,56,57)(H,59,65)(H,60,66)/t30-,31-,36?,37?,43-,44-,47-,48+/m0/s1. The van der Waals surface area contributed by atoms with Crippen LogP contribution in [0.5, 0.6) is 0 Å². The number of rotatable bonds is 11. The Morgan fingerprint density at radius 2 is 1.37 bits per heavy atom. The van der Waals surface area contributed by atoms with E-state index in [4.69, 9.17) is 19.4 Å². The number of aromatic nitrogens is 4. The number of nitrogens with zero attached hydrogens (tertiary/aromatic N) is 4. The summed E-state index contributed by atoms with van der Waals surface area (Å²) < 4.78 is 9.74. The third kappa shape index (κ3) is 8.17. The summed E-state index contributed by atoms with van der Waals surface area (Å²) in [5.74, 6) is 2.34. The van der Waals surface area contributed by atoms with Crippen LogP contribution in [0.1, 0.15) is 125 Å². The van der Waals surface area contributed by atoms with Crippen molar-refractivity contribution in [2.24, 2.45) is 11.8 Å². The molecular formula is C54H60N8O6. The molecule has 352 valence electrons. The number of methoxy groups -OCH3 is 2. The van der Waals surface area contributed by atoms with Gasteiger partial charge in [-0.3, -0.25) is 9.59 Å². The van der Waals surface area contributed by atoms with E-state index in [2.05, 4.69) is 89.0 Å². The van der Waals surface area contributed by atoms with Gasteiger partial charge in [0.2, 0.25) is 5.91 Å². The lowest BCUT2D eigenvalue weighted by Gasteiger charge is -2.31. The molecule has 3 fully saturated rings. The molecule has 14 nitrogen and oxygen atoms in total. The predicted octanol–water partition coefficient (Wildman–Crippen LogP) is 10.1. The van der Waals surface area contributed by atoms with Crippen LogP contribution >= 0.6 is 0 Å². The van der Waals surface area contributed by atoms with Crippen molar-refractivity contribution in [2.75, 3.05) is 20.8 Å². The minimum absolute atomic E-state index is 0.0496. The van der Waals surface area contributed by atoms with E-state index in [0.29, 0.717) is 23.9 Å². The normalized spacial score (nSPS) is 22.6. The Labute approximate surface area is 396 Å². The van der Waals surface area contributed by atoms with Crippen LogP contribution in [-0.2, 0) is 19.1 Å². The van der Waals surface area contributed by atoms with Gasteiger partial charge in [-0.25, -0.2) is 19.6 Å². The second-order valence-corrected chi connectivity index (χ2v) is 19.7. The topological polar surface area (TPSA) is 175 Å². The minimum Gasteiger partial charge on any atom is -0.453 e. The van der Waals surface area contributed by atoms with Gasteiger partial charge >= 0.3 is 12.2 Å².